The molecule has 0 aromatic heterocycles. The van der Waals surface area contributed by atoms with E-state index in [4.69, 9.17) is 5.90 Å². The zero-order chi connectivity index (χ0) is 10.6. The first-order valence-corrected chi connectivity index (χ1v) is 5.56. The van der Waals surface area contributed by atoms with Gasteiger partial charge in [0.05, 0.1) is 6.61 Å². The summed E-state index contributed by atoms with van der Waals surface area (Å²) in [6.45, 7) is 2.24. The molecule has 0 aliphatic rings. The fraction of sp³-hybridized carbons (Fsp3) is 0.400. The Kier molecular flexibility index (Phi) is 4.38. The average Bonchev–Trinajstić information content (AvgIpc) is 2.17. The van der Waals surface area contributed by atoms with Crippen molar-refractivity contribution in [2.45, 2.75) is 18.2 Å². The van der Waals surface area contributed by atoms with E-state index in [1.807, 2.05) is 19.2 Å². The van der Waals surface area contributed by atoms with Crippen molar-refractivity contribution < 1.29 is 9.23 Å². The predicted octanol–water partition coefficient (Wildman–Crippen LogP) is 2.29. The monoisotopic (exact) mass is 215 g/mol. The third-order valence-electron chi connectivity index (χ3n) is 2.05. The lowest BCUT2D eigenvalue weighted by molar-refractivity contribution is 0.140. The highest BCUT2D eigenvalue weighted by molar-refractivity contribution is 7.98. The number of halogens is 1. The van der Waals surface area contributed by atoms with Crippen LogP contribution in [0.1, 0.15) is 11.1 Å². The second-order valence-electron chi connectivity index (χ2n) is 3.03. The first-order chi connectivity index (χ1) is 6.69. The number of thioether (sulfide) groups is 1. The maximum absolute atomic E-state index is 13.4. The van der Waals surface area contributed by atoms with E-state index in [9.17, 15) is 4.39 Å². The molecule has 2 nitrogen and oxygen atoms in total. The molecule has 0 unspecified atom stereocenters. The van der Waals surface area contributed by atoms with Crippen molar-refractivity contribution in [2.75, 3.05) is 12.9 Å². The van der Waals surface area contributed by atoms with E-state index in [0.717, 1.165) is 10.5 Å². The first kappa shape index (κ1) is 11.5. The highest BCUT2D eigenvalue weighted by Crippen LogP contribution is 2.23. The van der Waals surface area contributed by atoms with Crippen molar-refractivity contribution in [2.24, 2.45) is 5.90 Å². The van der Waals surface area contributed by atoms with Gasteiger partial charge in [-0.15, -0.1) is 11.8 Å². The average molecular weight is 215 g/mol. The predicted molar refractivity (Wildman–Crippen MR) is 56.8 cm³/mol. The van der Waals surface area contributed by atoms with Crippen LogP contribution in [0.5, 0.6) is 0 Å². The summed E-state index contributed by atoms with van der Waals surface area (Å²) in [4.78, 5) is 5.53. The Morgan fingerprint density at radius 2 is 2.21 bits per heavy atom. The fourth-order valence-corrected chi connectivity index (χ4v) is 1.92. The molecule has 1 aromatic rings. The second-order valence-corrected chi connectivity index (χ2v) is 3.88. The summed E-state index contributed by atoms with van der Waals surface area (Å²) < 4.78 is 13.4. The van der Waals surface area contributed by atoms with Crippen LogP contribution < -0.4 is 5.90 Å². The number of aryl methyl sites for hydroxylation is 1. The van der Waals surface area contributed by atoms with Gasteiger partial charge in [-0.3, -0.25) is 0 Å². The van der Waals surface area contributed by atoms with E-state index < -0.39 is 0 Å². The third kappa shape index (κ3) is 2.70. The van der Waals surface area contributed by atoms with Gasteiger partial charge in [-0.05, 0) is 36.4 Å². The van der Waals surface area contributed by atoms with E-state index in [1.165, 1.54) is 0 Å². The molecule has 2 N–H and O–H groups in total. The van der Waals surface area contributed by atoms with Crippen molar-refractivity contribution in [1.29, 1.82) is 0 Å². The molecule has 0 aliphatic heterocycles. The summed E-state index contributed by atoms with van der Waals surface area (Å²) in [5.74, 6) is 4.72. The van der Waals surface area contributed by atoms with Crippen molar-refractivity contribution in [3.63, 3.8) is 0 Å². The SMILES string of the molecule is CSc1cc(CCON)c(F)cc1C. The standard InChI is InChI=1S/C10H14FNOS/c1-7-5-9(11)8(3-4-13-12)6-10(7)14-2/h5-6H,3-4,12H2,1-2H3. The van der Waals surface area contributed by atoms with Crippen LogP contribution >= 0.6 is 11.8 Å². The molecular weight excluding hydrogens is 201 g/mol. The Morgan fingerprint density at radius 3 is 2.79 bits per heavy atom. The van der Waals surface area contributed by atoms with E-state index >= 15 is 0 Å². The van der Waals surface area contributed by atoms with Gasteiger partial charge in [-0.2, -0.15) is 0 Å². The molecule has 0 atom stereocenters. The van der Waals surface area contributed by atoms with E-state index in [0.29, 0.717) is 18.6 Å². The molecular formula is C10H14FNOS. The largest absolute Gasteiger partial charge is 0.304 e. The lowest BCUT2D eigenvalue weighted by Gasteiger charge is -2.07. The van der Waals surface area contributed by atoms with Gasteiger partial charge in [0.2, 0.25) is 0 Å². The van der Waals surface area contributed by atoms with Gasteiger partial charge in [0.25, 0.3) is 0 Å². The highest BCUT2D eigenvalue weighted by Gasteiger charge is 2.06. The quantitative estimate of drug-likeness (QED) is 0.618. The summed E-state index contributed by atoms with van der Waals surface area (Å²) in [6.07, 6.45) is 2.49. The van der Waals surface area contributed by atoms with Crippen LogP contribution in [0.25, 0.3) is 0 Å². The summed E-state index contributed by atoms with van der Waals surface area (Å²) in [5, 5.41) is 0. The summed E-state index contributed by atoms with van der Waals surface area (Å²) in [6, 6.07) is 3.41. The van der Waals surface area contributed by atoms with Gasteiger partial charge in [0.15, 0.2) is 0 Å². The maximum atomic E-state index is 13.4. The lowest BCUT2D eigenvalue weighted by atomic mass is 10.1. The molecule has 0 fully saturated rings. The molecule has 0 saturated heterocycles. The molecule has 1 rings (SSSR count). The van der Waals surface area contributed by atoms with E-state index in [1.54, 1.807) is 17.8 Å². The van der Waals surface area contributed by atoms with Gasteiger partial charge in [-0.1, -0.05) is 0 Å². The Hall–Kier alpha value is -0.580. The lowest BCUT2D eigenvalue weighted by Crippen LogP contribution is -2.05. The second kappa shape index (κ2) is 5.34. The van der Waals surface area contributed by atoms with Gasteiger partial charge in [-0.25, -0.2) is 10.3 Å². The van der Waals surface area contributed by atoms with Gasteiger partial charge in [0, 0.05) is 11.3 Å². The molecule has 14 heavy (non-hydrogen) atoms. The topological polar surface area (TPSA) is 35.2 Å². The summed E-state index contributed by atoms with van der Waals surface area (Å²) in [7, 11) is 0. The van der Waals surface area contributed by atoms with Crippen LogP contribution in [0, 0.1) is 12.7 Å². The van der Waals surface area contributed by atoms with Crippen LogP contribution in [0.4, 0.5) is 4.39 Å². The zero-order valence-corrected chi connectivity index (χ0v) is 9.16. The van der Waals surface area contributed by atoms with Crippen LogP contribution in [0.2, 0.25) is 0 Å². The van der Waals surface area contributed by atoms with Crippen molar-refractivity contribution in [3.05, 3.63) is 29.1 Å². The molecule has 0 heterocycles. The first-order valence-electron chi connectivity index (χ1n) is 4.33. The Balaban J connectivity index is 2.92. The van der Waals surface area contributed by atoms with E-state index in [-0.39, 0.29) is 5.82 Å². The normalized spacial score (nSPS) is 10.6. The number of rotatable bonds is 4. The fourth-order valence-electron chi connectivity index (χ4n) is 1.28. The molecule has 0 amide bonds. The Bertz CT molecular complexity index is 317. The van der Waals surface area contributed by atoms with Crippen molar-refractivity contribution in [1.82, 2.24) is 0 Å². The Morgan fingerprint density at radius 1 is 1.50 bits per heavy atom. The maximum Gasteiger partial charge on any atom is 0.126 e. The third-order valence-corrected chi connectivity index (χ3v) is 2.93. The van der Waals surface area contributed by atoms with Crippen LogP contribution in [-0.4, -0.2) is 12.9 Å². The summed E-state index contributed by atoms with van der Waals surface area (Å²) in [5.41, 5.74) is 1.62. The number of benzene rings is 1. The molecule has 0 bridgehead atoms. The van der Waals surface area contributed by atoms with Crippen molar-refractivity contribution >= 4 is 11.8 Å². The minimum absolute atomic E-state index is 0.183. The minimum Gasteiger partial charge on any atom is -0.304 e. The number of hydrogen-bond acceptors (Lipinski definition) is 3. The Labute approximate surface area is 87.6 Å². The number of nitrogens with two attached hydrogens (primary N) is 1. The molecule has 0 saturated carbocycles. The molecule has 0 radical (unpaired) electrons. The molecule has 0 spiro atoms. The van der Waals surface area contributed by atoms with E-state index in [2.05, 4.69) is 4.84 Å². The van der Waals surface area contributed by atoms with Crippen LogP contribution in [0.3, 0.4) is 0 Å². The molecule has 78 valence electrons. The van der Waals surface area contributed by atoms with Gasteiger partial charge in [0.1, 0.15) is 5.82 Å². The number of hydrogen-bond donors (Lipinski definition) is 1. The van der Waals surface area contributed by atoms with Crippen LogP contribution in [0.15, 0.2) is 17.0 Å². The zero-order valence-electron chi connectivity index (χ0n) is 8.34. The van der Waals surface area contributed by atoms with Gasteiger partial charge >= 0.3 is 0 Å². The summed E-state index contributed by atoms with van der Waals surface area (Å²) >= 11 is 1.61. The van der Waals surface area contributed by atoms with Gasteiger partial charge < -0.3 is 4.84 Å². The smallest absolute Gasteiger partial charge is 0.126 e. The minimum atomic E-state index is -0.183. The molecule has 1 aromatic carbocycles. The van der Waals surface area contributed by atoms with Crippen molar-refractivity contribution in [3.8, 4) is 0 Å². The molecule has 0 aliphatic carbocycles. The molecule has 4 heteroatoms. The highest BCUT2D eigenvalue weighted by atomic mass is 32.2. The van der Waals surface area contributed by atoms with Crippen LogP contribution in [-0.2, 0) is 11.3 Å².